The molecule has 3 rings (SSSR count). The molecule has 0 unspecified atom stereocenters. The summed E-state index contributed by atoms with van der Waals surface area (Å²) in [7, 11) is 0. The van der Waals surface area contributed by atoms with Gasteiger partial charge in [-0.15, -0.1) is 0 Å². The fourth-order valence-electron chi connectivity index (χ4n) is 1.89. The lowest BCUT2D eigenvalue weighted by Gasteiger charge is -2.09. The smallest absolute Gasteiger partial charge is 0.274 e. The second kappa shape index (κ2) is 7.14. The van der Waals surface area contributed by atoms with E-state index in [4.69, 9.17) is 4.74 Å². The van der Waals surface area contributed by atoms with Crippen molar-refractivity contribution in [2.75, 3.05) is 5.32 Å². The Hall–Kier alpha value is -2.87. The number of benzene rings is 1. The molecule has 0 aliphatic rings. The lowest BCUT2D eigenvalue weighted by Crippen LogP contribution is -2.13. The van der Waals surface area contributed by atoms with Crippen LogP contribution in [0, 0.1) is 5.82 Å². The van der Waals surface area contributed by atoms with Crippen LogP contribution in [-0.4, -0.2) is 20.9 Å². The minimum absolute atomic E-state index is 0.201. The fourth-order valence-corrected chi connectivity index (χ4v) is 2.23. The highest BCUT2D eigenvalue weighted by molar-refractivity contribution is 9.10. The van der Waals surface area contributed by atoms with Crippen molar-refractivity contribution >= 4 is 27.5 Å². The number of aromatic nitrogens is 3. The second-order valence-corrected chi connectivity index (χ2v) is 5.58. The molecular weight excluding hydrogens is 379 g/mol. The second-order valence-electron chi connectivity index (χ2n) is 4.67. The summed E-state index contributed by atoms with van der Waals surface area (Å²) in [5.74, 6) is -0.450. The van der Waals surface area contributed by atoms with Gasteiger partial charge in [-0.05, 0) is 18.2 Å². The van der Waals surface area contributed by atoms with E-state index in [1.54, 1.807) is 12.1 Å². The van der Waals surface area contributed by atoms with Gasteiger partial charge in [-0.25, -0.2) is 14.4 Å². The van der Waals surface area contributed by atoms with Gasteiger partial charge in [0, 0.05) is 28.5 Å². The number of nitrogens with zero attached hydrogens (tertiary/aromatic N) is 3. The van der Waals surface area contributed by atoms with Crippen molar-refractivity contribution in [1.82, 2.24) is 15.0 Å². The summed E-state index contributed by atoms with van der Waals surface area (Å²) in [6.07, 6.45) is 5.74. The van der Waals surface area contributed by atoms with E-state index < -0.39 is 11.7 Å². The third kappa shape index (κ3) is 4.11. The van der Waals surface area contributed by atoms with Crippen LogP contribution in [0.2, 0.25) is 0 Å². The predicted octanol–water partition coefficient (Wildman–Crippen LogP) is 3.82. The molecule has 0 bridgehead atoms. The zero-order valence-electron chi connectivity index (χ0n) is 12.1. The summed E-state index contributed by atoms with van der Waals surface area (Å²) in [5.41, 5.74) is 0.446. The number of anilines is 1. The van der Waals surface area contributed by atoms with Crippen LogP contribution in [0.25, 0.3) is 0 Å². The summed E-state index contributed by atoms with van der Waals surface area (Å²) in [6, 6.07) is 7.14. The van der Waals surface area contributed by atoms with E-state index in [1.165, 1.54) is 43.1 Å². The van der Waals surface area contributed by atoms with E-state index in [2.05, 4.69) is 36.2 Å². The minimum Gasteiger partial charge on any atom is -0.454 e. The first-order valence-corrected chi connectivity index (χ1v) is 7.56. The highest BCUT2D eigenvalue weighted by atomic mass is 79.9. The molecule has 0 spiro atoms. The number of rotatable bonds is 4. The number of pyridine rings is 1. The van der Waals surface area contributed by atoms with Crippen LogP contribution >= 0.6 is 15.9 Å². The first kappa shape index (κ1) is 16.0. The number of halogens is 2. The Morgan fingerprint density at radius 2 is 1.92 bits per heavy atom. The number of carbonyl (C=O) groups excluding carboxylic acids is 1. The predicted molar refractivity (Wildman–Crippen MR) is 88.4 cm³/mol. The molecule has 2 heterocycles. The maximum absolute atomic E-state index is 13.8. The lowest BCUT2D eigenvalue weighted by molar-refractivity contribution is 0.102. The van der Waals surface area contributed by atoms with E-state index in [1.807, 2.05) is 0 Å². The van der Waals surface area contributed by atoms with E-state index in [9.17, 15) is 9.18 Å². The molecule has 1 N–H and O–H groups in total. The molecule has 0 aliphatic heterocycles. The fraction of sp³-hybridized carbons (Fsp3) is 0. The van der Waals surface area contributed by atoms with E-state index >= 15 is 0 Å². The van der Waals surface area contributed by atoms with Crippen molar-refractivity contribution in [3.63, 3.8) is 0 Å². The molecule has 0 aliphatic carbocycles. The van der Waals surface area contributed by atoms with Crippen LogP contribution < -0.4 is 10.1 Å². The molecule has 8 heteroatoms. The molecule has 6 nitrogen and oxygen atoms in total. The normalized spacial score (nSPS) is 10.2. The molecule has 24 heavy (non-hydrogen) atoms. The first-order chi connectivity index (χ1) is 11.6. The Labute approximate surface area is 144 Å². The molecule has 1 amide bonds. The van der Waals surface area contributed by atoms with Gasteiger partial charge in [0.2, 0.25) is 0 Å². The van der Waals surface area contributed by atoms with Crippen molar-refractivity contribution in [2.24, 2.45) is 0 Å². The van der Waals surface area contributed by atoms with Crippen molar-refractivity contribution in [3.05, 3.63) is 71.2 Å². The Bertz CT molecular complexity index is 877. The lowest BCUT2D eigenvalue weighted by atomic mass is 10.2. The number of hydrogen-bond acceptors (Lipinski definition) is 5. The van der Waals surface area contributed by atoms with Gasteiger partial charge < -0.3 is 10.1 Å². The molecule has 0 atom stereocenters. The highest BCUT2D eigenvalue weighted by Gasteiger charge is 2.10. The third-order valence-electron chi connectivity index (χ3n) is 2.86. The molecule has 0 radical (unpaired) electrons. The molecule has 0 saturated heterocycles. The monoisotopic (exact) mass is 388 g/mol. The van der Waals surface area contributed by atoms with Crippen LogP contribution in [-0.2, 0) is 0 Å². The van der Waals surface area contributed by atoms with Crippen molar-refractivity contribution < 1.29 is 13.9 Å². The number of amides is 1. The molecule has 2 aromatic heterocycles. The van der Waals surface area contributed by atoms with Gasteiger partial charge in [0.25, 0.3) is 5.91 Å². The SMILES string of the molecule is O=C(Nc1cc(F)cc(Oc2cncnc2)c1)c1cc(Br)ccn1. The summed E-state index contributed by atoms with van der Waals surface area (Å²) >= 11 is 3.26. The van der Waals surface area contributed by atoms with Gasteiger partial charge in [0.05, 0.1) is 12.4 Å². The molecule has 0 saturated carbocycles. The van der Waals surface area contributed by atoms with Crippen molar-refractivity contribution in [2.45, 2.75) is 0 Å². The van der Waals surface area contributed by atoms with Crippen LogP contribution in [0.1, 0.15) is 10.5 Å². The number of nitrogens with one attached hydrogen (secondary N) is 1. The van der Waals surface area contributed by atoms with Gasteiger partial charge in [0.15, 0.2) is 5.75 Å². The maximum atomic E-state index is 13.8. The van der Waals surface area contributed by atoms with Gasteiger partial charge in [-0.3, -0.25) is 9.78 Å². The van der Waals surface area contributed by atoms with E-state index in [0.717, 1.165) is 4.47 Å². The quantitative estimate of drug-likeness (QED) is 0.734. The summed E-state index contributed by atoms with van der Waals surface area (Å²) < 4.78 is 19.9. The number of carbonyl (C=O) groups is 1. The standard InChI is InChI=1S/C16H10BrFN4O2/c17-10-1-2-21-15(3-10)16(23)22-12-4-11(18)5-13(6-12)24-14-7-19-9-20-8-14/h1-9H,(H,22,23). The Balaban J connectivity index is 1.80. The van der Waals surface area contributed by atoms with Crippen LogP contribution in [0.3, 0.4) is 0 Å². The topological polar surface area (TPSA) is 77.0 Å². The third-order valence-corrected chi connectivity index (χ3v) is 3.35. The van der Waals surface area contributed by atoms with Gasteiger partial charge in [-0.1, -0.05) is 15.9 Å². The minimum atomic E-state index is -0.554. The van der Waals surface area contributed by atoms with Crippen molar-refractivity contribution in [3.8, 4) is 11.5 Å². The molecule has 0 fully saturated rings. The van der Waals surface area contributed by atoms with Gasteiger partial charge in [0.1, 0.15) is 23.6 Å². The van der Waals surface area contributed by atoms with E-state index in [0.29, 0.717) is 5.75 Å². The summed E-state index contributed by atoms with van der Waals surface area (Å²) in [6.45, 7) is 0. The van der Waals surface area contributed by atoms with Crippen molar-refractivity contribution in [1.29, 1.82) is 0 Å². The molecule has 120 valence electrons. The summed E-state index contributed by atoms with van der Waals surface area (Å²) in [4.78, 5) is 23.8. The van der Waals surface area contributed by atoms with Gasteiger partial charge in [-0.2, -0.15) is 0 Å². The maximum Gasteiger partial charge on any atom is 0.274 e. The first-order valence-electron chi connectivity index (χ1n) is 6.76. The highest BCUT2D eigenvalue weighted by Crippen LogP contribution is 2.25. The zero-order valence-corrected chi connectivity index (χ0v) is 13.7. The Kier molecular flexibility index (Phi) is 4.76. The Morgan fingerprint density at radius 1 is 1.12 bits per heavy atom. The average molecular weight is 389 g/mol. The Morgan fingerprint density at radius 3 is 2.67 bits per heavy atom. The van der Waals surface area contributed by atoms with E-state index in [-0.39, 0.29) is 17.1 Å². The van der Waals surface area contributed by atoms with Crippen LogP contribution in [0.15, 0.2) is 59.7 Å². The van der Waals surface area contributed by atoms with Gasteiger partial charge >= 0.3 is 0 Å². The summed E-state index contributed by atoms with van der Waals surface area (Å²) in [5, 5.41) is 2.58. The zero-order chi connectivity index (χ0) is 16.9. The average Bonchev–Trinajstić information content (AvgIpc) is 2.55. The van der Waals surface area contributed by atoms with Crippen LogP contribution in [0.4, 0.5) is 10.1 Å². The number of ether oxygens (including phenoxy) is 1. The van der Waals surface area contributed by atoms with Crippen LogP contribution in [0.5, 0.6) is 11.5 Å². The molecule has 3 aromatic rings. The molecule has 1 aromatic carbocycles. The largest absolute Gasteiger partial charge is 0.454 e. The number of hydrogen-bond donors (Lipinski definition) is 1. The molecular formula is C16H10BrFN4O2.